The van der Waals surface area contributed by atoms with Gasteiger partial charge in [0.2, 0.25) is 0 Å². The zero-order chi connectivity index (χ0) is 13.3. The predicted molar refractivity (Wildman–Crippen MR) is 78.8 cm³/mol. The summed E-state index contributed by atoms with van der Waals surface area (Å²) in [5.41, 5.74) is 1.20. The molecule has 2 N–H and O–H groups in total. The molecular formula is C13H16BrN5. The summed E-state index contributed by atoms with van der Waals surface area (Å²) < 4.78 is 0.887. The maximum Gasteiger partial charge on any atom is 0.143 e. The Hall–Kier alpha value is -1.53. The molecule has 6 heteroatoms. The van der Waals surface area contributed by atoms with E-state index in [1.807, 2.05) is 12.3 Å². The lowest BCUT2D eigenvalue weighted by atomic mass is 10.3. The number of halogens is 1. The SMILES string of the molecule is Brc1cncnc1NCCCNCc1cccnc1. The second-order valence-corrected chi connectivity index (χ2v) is 4.89. The molecule has 0 saturated heterocycles. The van der Waals surface area contributed by atoms with Crippen molar-refractivity contribution in [2.45, 2.75) is 13.0 Å². The lowest BCUT2D eigenvalue weighted by Gasteiger charge is -2.07. The first kappa shape index (κ1) is 13.9. The average Bonchev–Trinajstić information content (AvgIpc) is 2.45. The topological polar surface area (TPSA) is 62.7 Å². The Bertz CT molecular complexity index is 491. The first-order chi connectivity index (χ1) is 9.36. The van der Waals surface area contributed by atoms with Gasteiger partial charge in [-0.3, -0.25) is 4.98 Å². The van der Waals surface area contributed by atoms with E-state index >= 15 is 0 Å². The van der Waals surface area contributed by atoms with E-state index in [1.54, 1.807) is 12.4 Å². The highest BCUT2D eigenvalue weighted by Gasteiger charge is 1.98. The van der Waals surface area contributed by atoms with E-state index in [2.05, 4.69) is 47.6 Å². The van der Waals surface area contributed by atoms with Gasteiger partial charge in [0.25, 0.3) is 0 Å². The van der Waals surface area contributed by atoms with E-state index < -0.39 is 0 Å². The van der Waals surface area contributed by atoms with Gasteiger partial charge in [0.15, 0.2) is 0 Å². The number of nitrogens with zero attached hydrogens (tertiary/aromatic N) is 3. The summed E-state index contributed by atoms with van der Waals surface area (Å²) in [7, 11) is 0. The number of pyridine rings is 1. The Morgan fingerprint density at radius 2 is 2.11 bits per heavy atom. The van der Waals surface area contributed by atoms with Crippen molar-refractivity contribution in [1.82, 2.24) is 20.3 Å². The Morgan fingerprint density at radius 3 is 2.89 bits per heavy atom. The summed E-state index contributed by atoms with van der Waals surface area (Å²) in [4.78, 5) is 12.1. The van der Waals surface area contributed by atoms with Crippen molar-refractivity contribution in [3.63, 3.8) is 0 Å². The van der Waals surface area contributed by atoms with E-state index in [-0.39, 0.29) is 0 Å². The molecule has 0 fully saturated rings. The number of hydrogen-bond donors (Lipinski definition) is 2. The largest absolute Gasteiger partial charge is 0.369 e. The molecule has 0 amide bonds. The van der Waals surface area contributed by atoms with Crippen molar-refractivity contribution >= 4 is 21.7 Å². The van der Waals surface area contributed by atoms with E-state index in [0.29, 0.717) is 0 Å². The predicted octanol–water partition coefficient (Wildman–Crippen LogP) is 2.23. The zero-order valence-electron chi connectivity index (χ0n) is 10.5. The molecule has 0 spiro atoms. The number of anilines is 1. The van der Waals surface area contributed by atoms with Gasteiger partial charge >= 0.3 is 0 Å². The Balaban J connectivity index is 1.59. The number of rotatable bonds is 7. The minimum Gasteiger partial charge on any atom is -0.369 e. The van der Waals surface area contributed by atoms with E-state index in [4.69, 9.17) is 0 Å². The molecule has 19 heavy (non-hydrogen) atoms. The van der Waals surface area contributed by atoms with Crippen LogP contribution in [0.5, 0.6) is 0 Å². The van der Waals surface area contributed by atoms with Gasteiger partial charge in [-0.2, -0.15) is 0 Å². The molecule has 100 valence electrons. The summed E-state index contributed by atoms with van der Waals surface area (Å²) in [6.45, 7) is 2.67. The Labute approximate surface area is 121 Å². The van der Waals surface area contributed by atoms with Crippen LogP contribution in [0.2, 0.25) is 0 Å². The fourth-order valence-corrected chi connectivity index (χ4v) is 1.96. The highest BCUT2D eigenvalue weighted by atomic mass is 79.9. The van der Waals surface area contributed by atoms with Crippen LogP contribution in [0.1, 0.15) is 12.0 Å². The summed E-state index contributed by atoms with van der Waals surface area (Å²) in [5.74, 6) is 0.835. The van der Waals surface area contributed by atoms with Crippen molar-refractivity contribution in [3.8, 4) is 0 Å². The molecule has 0 radical (unpaired) electrons. The molecule has 0 aliphatic heterocycles. The van der Waals surface area contributed by atoms with Crippen LogP contribution in [-0.2, 0) is 6.54 Å². The molecule has 0 aromatic carbocycles. The molecule has 2 rings (SSSR count). The highest BCUT2D eigenvalue weighted by molar-refractivity contribution is 9.10. The Morgan fingerprint density at radius 1 is 1.16 bits per heavy atom. The van der Waals surface area contributed by atoms with E-state index in [9.17, 15) is 0 Å². The van der Waals surface area contributed by atoms with E-state index in [1.165, 1.54) is 11.9 Å². The highest BCUT2D eigenvalue weighted by Crippen LogP contribution is 2.16. The fourth-order valence-electron chi connectivity index (χ4n) is 1.60. The summed E-state index contributed by atoms with van der Waals surface area (Å²) in [6.07, 6.45) is 7.96. The van der Waals surface area contributed by atoms with Crippen LogP contribution in [0, 0.1) is 0 Å². The van der Waals surface area contributed by atoms with Gasteiger partial charge in [0.05, 0.1) is 4.47 Å². The number of hydrogen-bond acceptors (Lipinski definition) is 5. The standard InChI is InChI=1S/C13H16BrN5/c14-12-9-17-10-19-13(12)18-6-2-5-16-8-11-3-1-4-15-7-11/h1,3-4,7,9-10,16H,2,5-6,8H2,(H,17,18,19). The van der Waals surface area contributed by atoms with Crippen molar-refractivity contribution in [2.24, 2.45) is 0 Å². The van der Waals surface area contributed by atoms with Gasteiger partial charge in [-0.1, -0.05) is 6.07 Å². The normalized spacial score (nSPS) is 10.4. The molecule has 0 aliphatic carbocycles. The monoisotopic (exact) mass is 321 g/mol. The molecule has 0 bridgehead atoms. The zero-order valence-corrected chi connectivity index (χ0v) is 12.1. The van der Waals surface area contributed by atoms with Gasteiger partial charge < -0.3 is 10.6 Å². The van der Waals surface area contributed by atoms with Crippen LogP contribution in [0.25, 0.3) is 0 Å². The van der Waals surface area contributed by atoms with Gasteiger partial charge in [0, 0.05) is 31.7 Å². The maximum absolute atomic E-state index is 4.15. The van der Waals surface area contributed by atoms with Gasteiger partial charge in [0.1, 0.15) is 12.1 Å². The van der Waals surface area contributed by atoms with Crippen LogP contribution in [-0.4, -0.2) is 28.0 Å². The summed E-state index contributed by atoms with van der Waals surface area (Å²) >= 11 is 3.40. The first-order valence-corrected chi connectivity index (χ1v) is 6.94. The molecule has 2 aromatic rings. The minimum atomic E-state index is 0.835. The lowest BCUT2D eigenvalue weighted by Crippen LogP contribution is -2.18. The van der Waals surface area contributed by atoms with Crippen LogP contribution < -0.4 is 10.6 Å². The van der Waals surface area contributed by atoms with Gasteiger partial charge in [-0.25, -0.2) is 9.97 Å². The van der Waals surface area contributed by atoms with Crippen LogP contribution in [0.15, 0.2) is 41.5 Å². The van der Waals surface area contributed by atoms with E-state index in [0.717, 1.165) is 36.3 Å². The molecule has 2 aromatic heterocycles. The second kappa shape index (κ2) is 7.81. The first-order valence-electron chi connectivity index (χ1n) is 6.15. The molecule has 2 heterocycles. The summed E-state index contributed by atoms with van der Waals surface area (Å²) in [5, 5.41) is 6.64. The molecular weight excluding hydrogens is 306 g/mol. The molecule has 5 nitrogen and oxygen atoms in total. The molecule has 0 saturated carbocycles. The second-order valence-electron chi connectivity index (χ2n) is 4.04. The third-order valence-electron chi connectivity index (χ3n) is 2.54. The summed E-state index contributed by atoms with van der Waals surface area (Å²) in [6, 6.07) is 4.02. The molecule has 0 unspecified atom stereocenters. The number of aromatic nitrogens is 3. The maximum atomic E-state index is 4.15. The van der Waals surface area contributed by atoms with Gasteiger partial charge in [-0.05, 0) is 40.5 Å². The third-order valence-corrected chi connectivity index (χ3v) is 3.12. The third kappa shape index (κ3) is 4.92. The Kier molecular flexibility index (Phi) is 5.71. The quantitative estimate of drug-likeness (QED) is 0.766. The lowest BCUT2D eigenvalue weighted by molar-refractivity contribution is 0.661. The number of nitrogens with one attached hydrogen (secondary N) is 2. The van der Waals surface area contributed by atoms with Gasteiger partial charge in [-0.15, -0.1) is 0 Å². The van der Waals surface area contributed by atoms with Crippen molar-refractivity contribution in [3.05, 3.63) is 47.1 Å². The molecule has 0 atom stereocenters. The van der Waals surface area contributed by atoms with Crippen molar-refractivity contribution < 1.29 is 0 Å². The van der Waals surface area contributed by atoms with Crippen LogP contribution >= 0.6 is 15.9 Å². The average molecular weight is 322 g/mol. The van der Waals surface area contributed by atoms with Crippen LogP contribution in [0.4, 0.5) is 5.82 Å². The minimum absolute atomic E-state index is 0.835. The van der Waals surface area contributed by atoms with Crippen molar-refractivity contribution in [1.29, 1.82) is 0 Å². The fraction of sp³-hybridized carbons (Fsp3) is 0.308. The van der Waals surface area contributed by atoms with Crippen LogP contribution in [0.3, 0.4) is 0 Å². The smallest absolute Gasteiger partial charge is 0.143 e. The van der Waals surface area contributed by atoms with Crippen molar-refractivity contribution in [2.75, 3.05) is 18.4 Å². The molecule has 0 aliphatic rings.